The van der Waals surface area contributed by atoms with Crippen LogP contribution >= 0.6 is 22.9 Å². The number of thiophene rings is 1. The Labute approximate surface area is 134 Å². The quantitative estimate of drug-likeness (QED) is 0.359. The highest BCUT2D eigenvalue weighted by atomic mass is 35.5. The summed E-state index contributed by atoms with van der Waals surface area (Å²) in [6, 6.07) is 7.16. The molecule has 6 nitrogen and oxygen atoms in total. The zero-order chi connectivity index (χ0) is 16.3. The van der Waals surface area contributed by atoms with Crippen LogP contribution in [0.15, 0.2) is 30.3 Å². The van der Waals surface area contributed by atoms with Crippen molar-refractivity contribution >= 4 is 40.4 Å². The van der Waals surface area contributed by atoms with E-state index in [1.165, 1.54) is 24.3 Å². The monoisotopic (exact) mass is 339 g/mol. The number of hydrogen-bond acceptors (Lipinski definition) is 6. The number of aryl methyl sites for hydroxylation is 1. The molecule has 0 aliphatic rings. The van der Waals surface area contributed by atoms with Crippen molar-refractivity contribution in [2.24, 2.45) is 0 Å². The first kappa shape index (κ1) is 16.1. The summed E-state index contributed by atoms with van der Waals surface area (Å²) in [7, 11) is 0. The molecular weight excluding hydrogens is 330 g/mol. The molecule has 0 saturated heterocycles. The topological polar surface area (TPSA) is 86.5 Å². The third kappa shape index (κ3) is 3.69. The van der Waals surface area contributed by atoms with Crippen LogP contribution in [0.1, 0.15) is 25.6 Å². The molecule has 0 N–H and O–H groups in total. The Morgan fingerprint density at radius 2 is 2.05 bits per heavy atom. The van der Waals surface area contributed by atoms with Crippen LogP contribution in [-0.2, 0) is 4.74 Å². The van der Waals surface area contributed by atoms with Crippen molar-refractivity contribution in [3.8, 4) is 0 Å². The van der Waals surface area contributed by atoms with Crippen LogP contribution < -0.4 is 0 Å². The number of carbonyl (C=O) groups excluding carboxylic acids is 2. The third-order valence-electron chi connectivity index (χ3n) is 2.84. The van der Waals surface area contributed by atoms with Gasteiger partial charge in [0.1, 0.15) is 4.88 Å². The first-order valence-corrected chi connectivity index (χ1v) is 7.28. The van der Waals surface area contributed by atoms with Crippen molar-refractivity contribution in [3.05, 3.63) is 60.8 Å². The molecule has 2 rings (SSSR count). The average molecular weight is 340 g/mol. The first-order valence-electron chi connectivity index (χ1n) is 6.09. The minimum Gasteiger partial charge on any atom is -0.453 e. The van der Waals surface area contributed by atoms with E-state index in [0.29, 0.717) is 9.90 Å². The van der Waals surface area contributed by atoms with Gasteiger partial charge in [0.05, 0.1) is 9.26 Å². The summed E-state index contributed by atoms with van der Waals surface area (Å²) >= 11 is 6.75. The third-order valence-corrected chi connectivity index (χ3v) is 4.05. The SMILES string of the molecule is Cc1ccc(C(=O)COC(=O)c2ccc(Cl)s2)cc1[N+](=O)[O-]. The molecule has 0 unspecified atom stereocenters. The number of esters is 1. The maximum absolute atomic E-state index is 11.9. The van der Waals surface area contributed by atoms with Crippen molar-refractivity contribution < 1.29 is 19.2 Å². The Morgan fingerprint density at radius 3 is 2.64 bits per heavy atom. The highest BCUT2D eigenvalue weighted by molar-refractivity contribution is 7.17. The number of nitro groups is 1. The average Bonchev–Trinajstić information content (AvgIpc) is 2.91. The van der Waals surface area contributed by atoms with Crippen LogP contribution in [0, 0.1) is 17.0 Å². The summed E-state index contributed by atoms with van der Waals surface area (Å²) in [5.74, 6) is -1.18. The van der Waals surface area contributed by atoms with Gasteiger partial charge in [0.2, 0.25) is 5.78 Å². The lowest BCUT2D eigenvalue weighted by atomic mass is 10.1. The lowest BCUT2D eigenvalue weighted by molar-refractivity contribution is -0.385. The van der Waals surface area contributed by atoms with Crippen molar-refractivity contribution in [2.75, 3.05) is 6.61 Å². The number of rotatable bonds is 5. The zero-order valence-electron chi connectivity index (χ0n) is 11.4. The summed E-state index contributed by atoms with van der Waals surface area (Å²) < 4.78 is 5.32. The molecule has 0 aliphatic carbocycles. The van der Waals surface area contributed by atoms with E-state index in [1.54, 1.807) is 13.0 Å². The van der Waals surface area contributed by atoms with Gasteiger partial charge >= 0.3 is 5.97 Å². The van der Waals surface area contributed by atoms with E-state index in [2.05, 4.69) is 0 Å². The van der Waals surface area contributed by atoms with Gasteiger partial charge in [-0.2, -0.15) is 0 Å². The molecule has 8 heteroatoms. The fraction of sp³-hybridized carbons (Fsp3) is 0.143. The number of halogens is 1. The minimum absolute atomic E-state index is 0.120. The summed E-state index contributed by atoms with van der Waals surface area (Å²) in [6.07, 6.45) is 0. The van der Waals surface area contributed by atoms with Gasteiger partial charge in [-0.15, -0.1) is 11.3 Å². The van der Waals surface area contributed by atoms with Crippen molar-refractivity contribution in [1.29, 1.82) is 0 Å². The van der Waals surface area contributed by atoms with Gasteiger partial charge in [-0.25, -0.2) is 4.79 Å². The number of Topliss-reactive ketones (excluding diaryl/α,β-unsaturated/α-hetero) is 1. The normalized spacial score (nSPS) is 10.3. The van der Waals surface area contributed by atoms with Crippen molar-refractivity contribution in [3.63, 3.8) is 0 Å². The summed E-state index contributed by atoms with van der Waals surface area (Å²) in [6.45, 7) is 1.08. The molecular formula is C14H10ClNO5S. The second kappa shape index (κ2) is 6.67. The number of ether oxygens (including phenoxy) is 1. The number of hydrogen-bond donors (Lipinski definition) is 0. The molecule has 0 radical (unpaired) electrons. The fourth-order valence-corrected chi connectivity index (χ4v) is 2.63. The number of benzene rings is 1. The lowest BCUT2D eigenvalue weighted by Gasteiger charge is -2.04. The highest BCUT2D eigenvalue weighted by Gasteiger charge is 2.17. The molecule has 1 aromatic carbocycles. The maximum atomic E-state index is 11.9. The predicted octanol–water partition coefficient (Wildman–Crippen LogP) is 3.66. The second-order valence-electron chi connectivity index (χ2n) is 4.36. The number of carbonyl (C=O) groups is 2. The van der Waals surface area contributed by atoms with E-state index in [1.807, 2.05) is 0 Å². The molecule has 2 aromatic rings. The molecule has 0 atom stereocenters. The molecule has 1 heterocycles. The summed E-state index contributed by atoms with van der Waals surface area (Å²) in [4.78, 5) is 34.2. The minimum atomic E-state index is -0.660. The number of nitro benzene ring substituents is 1. The predicted molar refractivity (Wildman–Crippen MR) is 81.8 cm³/mol. The molecule has 1 aromatic heterocycles. The van der Waals surface area contributed by atoms with E-state index >= 15 is 0 Å². The molecule has 114 valence electrons. The first-order chi connectivity index (χ1) is 10.4. The number of nitrogens with zero attached hydrogens (tertiary/aromatic N) is 1. The molecule has 0 amide bonds. The second-order valence-corrected chi connectivity index (χ2v) is 6.08. The molecule has 0 bridgehead atoms. The van der Waals surface area contributed by atoms with Gasteiger partial charge < -0.3 is 4.74 Å². The zero-order valence-corrected chi connectivity index (χ0v) is 12.9. The summed E-state index contributed by atoms with van der Waals surface area (Å²) in [5.41, 5.74) is 0.420. The van der Waals surface area contributed by atoms with E-state index < -0.39 is 23.3 Å². The number of ketones is 1. The van der Waals surface area contributed by atoms with Crippen molar-refractivity contribution in [2.45, 2.75) is 6.92 Å². The van der Waals surface area contributed by atoms with Crippen LogP contribution in [0.5, 0.6) is 0 Å². The Balaban J connectivity index is 2.05. The highest BCUT2D eigenvalue weighted by Crippen LogP contribution is 2.22. The molecule has 0 aliphatic heterocycles. The van der Waals surface area contributed by atoms with E-state index in [9.17, 15) is 19.7 Å². The maximum Gasteiger partial charge on any atom is 0.348 e. The van der Waals surface area contributed by atoms with Crippen LogP contribution in [-0.4, -0.2) is 23.3 Å². The van der Waals surface area contributed by atoms with Crippen LogP contribution in [0.2, 0.25) is 4.34 Å². The van der Waals surface area contributed by atoms with Gasteiger partial charge in [0.15, 0.2) is 6.61 Å². The van der Waals surface area contributed by atoms with Crippen LogP contribution in [0.25, 0.3) is 0 Å². The Morgan fingerprint density at radius 1 is 1.32 bits per heavy atom. The molecule has 0 fully saturated rings. The van der Waals surface area contributed by atoms with Gasteiger partial charge in [-0.05, 0) is 19.1 Å². The van der Waals surface area contributed by atoms with E-state index in [0.717, 1.165) is 11.3 Å². The molecule has 0 spiro atoms. The smallest absolute Gasteiger partial charge is 0.348 e. The Bertz CT molecular complexity index is 755. The lowest BCUT2D eigenvalue weighted by Crippen LogP contribution is -2.13. The van der Waals surface area contributed by atoms with Gasteiger partial charge in [-0.1, -0.05) is 23.7 Å². The largest absolute Gasteiger partial charge is 0.453 e. The molecule has 22 heavy (non-hydrogen) atoms. The van der Waals surface area contributed by atoms with E-state index in [4.69, 9.17) is 16.3 Å². The van der Waals surface area contributed by atoms with Crippen molar-refractivity contribution in [1.82, 2.24) is 0 Å². The van der Waals surface area contributed by atoms with Gasteiger partial charge in [-0.3, -0.25) is 14.9 Å². The standard InChI is InChI=1S/C14H10ClNO5S/c1-8-2-3-9(6-10(8)16(19)20)11(17)7-21-14(18)12-4-5-13(15)22-12/h2-6H,7H2,1H3. The van der Waals surface area contributed by atoms with Crippen LogP contribution in [0.4, 0.5) is 5.69 Å². The Kier molecular flexibility index (Phi) is 4.89. The van der Waals surface area contributed by atoms with E-state index in [-0.39, 0.29) is 16.1 Å². The van der Waals surface area contributed by atoms with Crippen LogP contribution in [0.3, 0.4) is 0 Å². The van der Waals surface area contributed by atoms with Gasteiger partial charge in [0.25, 0.3) is 5.69 Å². The van der Waals surface area contributed by atoms with Gasteiger partial charge in [0, 0.05) is 17.2 Å². The molecule has 0 saturated carbocycles. The summed E-state index contributed by atoms with van der Waals surface area (Å²) in [5, 5.41) is 10.8. The Hall–Kier alpha value is -2.25. The fourth-order valence-electron chi connectivity index (χ4n) is 1.69.